The molecule has 0 aliphatic rings. The van der Waals surface area contributed by atoms with Crippen LogP contribution in [-0.4, -0.2) is 35.5 Å². The highest BCUT2D eigenvalue weighted by Gasteiger charge is 2.40. The lowest BCUT2D eigenvalue weighted by atomic mass is 9.77. The fraction of sp³-hybridized carbons (Fsp3) is 0.731. The van der Waals surface area contributed by atoms with Crippen LogP contribution < -0.4 is 4.52 Å². The van der Waals surface area contributed by atoms with Gasteiger partial charge in [-0.15, -0.1) is 0 Å². The zero-order chi connectivity index (χ0) is 26.5. The number of ether oxygens (including phenoxy) is 1. The Morgan fingerprint density at radius 2 is 1.53 bits per heavy atom. The average molecular weight is 501 g/mol. The molecule has 0 unspecified atom stereocenters. The van der Waals surface area contributed by atoms with E-state index in [2.05, 4.69) is 0 Å². The molecule has 0 radical (unpaired) electrons. The van der Waals surface area contributed by atoms with Gasteiger partial charge in [0.1, 0.15) is 5.75 Å². The highest BCUT2D eigenvalue weighted by atomic mass is 31.2. The quantitative estimate of drug-likeness (QED) is 0.273. The zero-order valence-corrected chi connectivity index (χ0v) is 23.8. The van der Waals surface area contributed by atoms with Crippen LogP contribution in [0.15, 0.2) is 12.1 Å². The number of carbonyl (C=O) groups is 1. The molecule has 1 aromatic carbocycles. The lowest BCUT2D eigenvalue weighted by Gasteiger charge is -2.34. The first-order valence-electron chi connectivity index (χ1n) is 11.9. The van der Waals surface area contributed by atoms with Crippen molar-refractivity contribution >= 4 is 13.8 Å². The Hall–Kier alpha value is -1.40. The smallest absolute Gasteiger partial charge is 0.465 e. The van der Waals surface area contributed by atoms with Gasteiger partial charge in [-0.25, -0.2) is 4.57 Å². The molecule has 0 amide bonds. The number of phosphoric ester groups is 1. The molecule has 7 nitrogen and oxygen atoms in total. The SMILES string of the molecule is Cc1cc(CC(=O)OCC(C)C)c(C(C)(C)CCO)c(OP(=O)(OC(C)(C)C)OC(C)(C)C)c1. The van der Waals surface area contributed by atoms with Gasteiger partial charge in [0.15, 0.2) is 0 Å². The van der Waals surface area contributed by atoms with Crippen molar-refractivity contribution in [2.24, 2.45) is 5.92 Å². The van der Waals surface area contributed by atoms with Gasteiger partial charge in [-0.3, -0.25) is 13.8 Å². The topological polar surface area (TPSA) is 91.3 Å². The van der Waals surface area contributed by atoms with Crippen LogP contribution >= 0.6 is 7.82 Å². The van der Waals surface area contributed by atoms with Crippen LogP contribution in [0.3, 0.4) is 0 Å². The largest absolute Gasteiger partial charge is 0.531 e. The first kappa shape index (κ1) is 30.6. The third-order valence-corrected chi connectivity index (χ3v) is 6.60. The molecule has 1 N–H and O–H groups in total. The average Bonchev–Trinajstić information content (AvgIpc) is 2.55. The number of aliphatic hydroxyl groups excluding tert-OH is 1. The Bertz CT molecular complexity index is 856. The Morgan fingerprint density at radius 1 is 1.00 bits per heavy atom. The molecule has 0 aromatic heterocycles. The molecule has 0 bridgehead atoms. The van der Waals surface area contributed by atoms with Crippen molar-refractivity contribution < 1.29 is 32.8 Å². The summed E-state index contributed by atoms with van der Waals surface area (Å²) in [6, 6.07) is 3.67. The predicted molar refractivity (Wildman–Crippen MR) is 135 cm³/mol. The van der Waals surface area contributed by atoms with Crippen LogP contribution in [0.2, 0.25) is 0 Å². The van der Waals surface area contributed by atoms with E-state index in [0.717, 1.165) is 5.56 Å². The van der Waals surface area contributed by atoms with E-state index in [9.17, 15) is 14.5 Å². The number of esters is 1. The summed E-state index contributed by atoms with van der Waals surface area (Å²) >= 11 is 0. The normalized spacial score (nSPS) is 13.3. The standard InChI is InChI=1S/C26H45O7P/c1-18(2)17-30-22(28)16-20-14-19(3)15-21(23(20)26(10,11)12-13-27)31-34(29,32-24(4,5)6)33-25(7,8)9/h14-15,18,27H,12-13,16-17H2,1-11H3. The maximum atomic E-state index is 13.9. The fourth-order valence-corrected chi connectivity index (χ4v) is 5.36. The molecule has 1 aromatic rings. The van der Waals surface area contributed by atoms with Crippen LogP contribution in [0.25, 0.3) is 0 Å². The second kappa shape index (κ2) is 11.6. The molecule has 0 aliphatic carbocycles. The molecule has 0 aliphatic heterocycles. The first-order chi connectivity index (χ1) is 15.3. The van der Waals surface area contributed by atoms with Crippen LogP contribution in [0, 0.1) is 12.8 Å². The molecule has 196 valence electrons. The summed E-state index contributed by atoms with van der Waals surface area (Å²) < 4.78 is 37.0. The Labute approximate surface area is 206 Å². The molecule has 0 fully saturated rings. The second-order valence-corrected chi connectivity index (χ2v) is 13.3. The summed E-state index contributed by atoms with van der Waals surface area (Å²) in [6.45, 7) is 20.6. The number of aliphatic hydroxyl groups is 1. The van der Waals surface area contributed by atoms with Crippen LogP contribution in [0.4, 0.5) is 0 Å². The summed E-state index contributed by atoms with van der Waals surface area (Å²) in [7, 11) is -4.08. The van der Waals surface area contributed by atoms with E-state index in [1.54, 1.807) is 47.6 Å². The van der Waals surface area contributed by atoms with Gasteiger partial charge in [0.05, 0.1) is 24.2 Å². The van der Waals surface area contributed by atoms with Crippen LogP contribution in [-0.2, 0) is 35.0 Å². The van der Waals surface area contributed by atoms with Crippen LogP contribution in [0.5, 0.6) is 5.75 Å². The van der Waals surface area contributed by atoms with E-state index < -0.39 is 24.4 Å². The molecule has 0 saturated heterocycles. The van der Waals surface area contributed by atoms with Gasteiger partial charge in [-0.05, 0) is 83.4 Å². The van der Waals surface area contributed by atoms with Gasteiger partial charge in [0, 0.05) is 12.2 Å². The molecule has 0 saturated carbocycles. The van der Waals surface area contributed by atoms with Crippen molar-refractivity contribution in [3.05, 3.63) is 28.8 Å². The van der Waals surface area contributed by atoms with Gasteiger partial charge in [-0.1, -0.05) is 33.8 Å². The second-order valence-electron chi connectivity index (χ2n) is 11.9. The van der Waals surface area contributed by atoms with E-state index in [1.165, 1.54) is 0 Å². The van der Waals surface area contributed by atoms with Crippen molar-refractivity contribution in [3.63, 3.8) is 0 Å². The Kier molecular flexibility index (Phi) is 10.4. The summed E-state index contributed by atoms with van der Waals surface area (Å²) in [4.78, 5) is 12.6. The number of hydrogen-bond donors (Lipinski definition) is 1. The van der Waals surface area contributed by atoms with Crippen LogP contribution in [0.1, 0.15) is 92.3 Å². The molecule has 0 atom stereocenters. The third-order valence-electron chi connectivity index (χ3n) is 4.64. The highest BCUT2D eigenvalue weighted by molar-refractivity contribution is 7.49. The lowest BCUT2D eigenvalue weighted by Crippen LogP contribution is -2.27. The zero-order valence-electron chi connectivity index (χ0n) is 22.9. The van der Waals surface area contributed by atoms with Gasteiger partial charge in [0.25, 0.3) is 0 Å². The monoisotopic (exact) mass is 500 g/mol. The number of aryl methyl sites for hydroxylation is 1. The number of carbonyl (C=O) groups excluding carboxylic acids is 1. The minimum Gasteiger partial charge on any atom is -0.465 e. The molecule has 0 spiro atoms. The predicted octanol–water partition coefficient (Wildman–Crippen LogP) is 6.51. The molecule has 8 heteroatoms. The minimum absolute atomic E-state index is 0.0273. The van der Waals surface area contributed by atoms with Gasteiger partial charge >= 0.3 is 13.8 Å². The van der Waals surface area contributed by atoms with E-state index in [-0.39, 0.29) is 24.9 Å². The van der Waals surface area contributed by atoms with Crippen molar-refractivity contribution in [1.29, 1.82) is 0 Å². The molecular formula is C26H45O7P. The minimum atomic E-state index is -4.08. The number of benzene rings is 1. The van der Waals surface area contributed by atoms with Crippen molar-refractivity contribution in [1.82, 2.24) is 0 Å². The van der Waals surface area contributed by atoms with E-state index in [1.807, 2.05) is 40.7 Å². The summed E-state index contributed by atoms with van der Waals surface area (Å²) in [5, 5.41) is 9.73. The van der Waals surface area contributed by atoms with E-state index >= 15 is 0 Å². The van der Waals surface area contributed by atoms with Gasteiger partial charge in [0.2, 0.25) is 0 Å². The molecular weight excluding hydrogens is 455 g/mol. The van der Waals surface area contributed by atoms with E-state index in [0.29, 0.717) is 29.9 Å². The number of phosphoric acid groups is 1. The van der Waals surface area contributed by atoms with Crippen molar-refractivity contribution in [2.45, 2.75) is 106 Å². The summed E-state index contributed by atoms with van der Waals surface area (Å²) in [5.74, 6) is 0.175. The van der Waals surface area contributed by atoms with Crippen molar-refractivity contribution in [3.8, 4) is 5.75 Å². The Balaban J connectivity index is 3.63. The molecule has 34 heavy (non-hydrogen) atoms. The molecule has 0 heterocycles. The maximum absolute atomic E-state index is 13.9. The number of hydrogen-bond acceptors (Lipinski definition) is 7. The lowest BCUT2D eigenvalue weighted by molar-refractivity contribution is -0.143. The number of rotatable bonds is 11. The highest BCUT2D eigenvalue weighted by Crippen LogP contribution is 2.57. The maximum Gasteiger partial charge on any atom is 0.531 e. The summed E-state index contributed by atoms with van der Waals surface area (Å²) in [6.07, 6.45) is 0.435. The Morgan fingerprint density at radius 3 is 1.97 bits per heavy atom. The third kappa shape index (κ3) is 10.5. The van der Waals surface area contributed by atoms with Crippen molar-refractivity contribution in [2.75, 3.05) is 13.2 Å². The van der Waals surface area contributed by atoms with Gasteiger partial charge < -0.3 is 14.4 Å². The summed E-state index contributed by atoms with van der Waals surface area (Å²) in [5.41, 5.74) is -0.00356. The fourth-order valence-electron chi connectivity index (χ4n) is 3.52. The van der Waals surface area contributed by atoms with E-state index in [4.69, 9.17) is 18.3 Å². The first-order valence-corrected chi connectivity index (χ1v) is 13.3. The van der Waals surface area contributed by atoms with Gasteiger partial charge in [-0.2, -0.15) is 0 Å². The molecule has 1 rings (SSSR count).